The van der Waals surface area contributed by atoms with E-state index in [9.17, 15) is 4.79 Å². The number of fused-ring (bicyclic) bond motifs is 4. The largest absolute Gasteiger partial charge is 0.497 e. The number of methoxy groups -OCH3 is 1. The van der Waals surface area contributed by atoms with E-state index in [0.717, 1.165) is 33.5 Å². The molecule has 2 aromatic heterocycles. The smallest absolute Gasteiger partial charge is 0.380 e. The van der Waals surface area contributed by atoms with Gasteiger partial charge in [-0.25, -0.2) is 14.8 Å². The van der Waals surface area contributed by atoms with Crippen LogP contribution in [-0.4, -0.2) is 17.1 Å². The number of rotatable bonds is 4. The molecule has 1 aliphatic rings. The summed E-state index contributed by atoms with van der Waals surface area (Å²) in [6.07, 6.45) is 1.42. The molecule has 5 aromatic rings. The zero-order valence-corrected chi connectivity index (χ0v) is 18.2. The molecule has 0 saturated heterocycles. The Morgan fingerprint density at radius 3 is 2.44 bits per heavy atom. The van der Waals surface area contributed by atoms with Crippen molar-refractivity contribution in [3.8, 4) is 17.4 Å². The van der Waals surface area contributed by atoms with Gasteiger partial charge in [0, 0.05) is 22.6 Å². The number of anilines is 2. The van der Waals surface area contributed by atoms with E-state index in [-0.39, 0.29) is 11.7 Å². The fraction of sp³-hybridized carbons (Fsp3) is 0.0741. The van der Waals surface area contributed by atoms with Crippen molar-refractivity contribution in [3.05, 3.63) is 112 Å². The number of ether oxygens (including phenoxy) is 2. The number of aromatic nitrogens is 2. The highest BCUT2D eigenvalue weighted by atomic mass is 16.5. The quantitative estimate of drug-likeness (QED) is 0.350. The van der Waals surface area contributed by atoms with Gasteiger partial charge in [0.1, 0.15) is 23.5 Å². The Morgan fingerprint density at radius 2 is 1.65 bits per heavy atom. The van der Waals surface area contributed by atoms with Crippen molar-refractivity contribution in [2.24, 2.45) is 0 Å². The second-order valence-corrected chi connectivity index (χ2v) is 7.87. The van der Waals surface area contributed by atoms with E-state index in [1.165, 1.54) is 6.33 Å². The summed E-state index contributed by atoms with van der Waals surface area (Å²) in [6, 6.07) is 25.0. The molecule has 0 saturated carbocycles. The van der Waals surface area contributed by atoms with E-state index in [1.807, 2.05) is 72.8 Å². The summed E-state index contributed by atoms with van der Waals surface area (Å²) in [5.74, 6) is 1.46. The van der Waals surface area contributed by atoms with Crippen LogP contribution in [0, 0.1) is 0 Å². The van der Waals surface area contributed by atoms with Crippen LogP contribution in [0.25, 0.3) is 11.0 Å². The van der Waals surface area contributed by atoms with Gasteiger partial charge in [-0.3, -0.25) is 0 Å². The molecular formula is C27H19N3O4. The Kier molecular flexibility index (Phi) is 4.73. The lowest BCUT2D eigenvalue weighted by Crippen LogP contribution is -2.20. The van der Waals surface area contributed by atoms with Crippen molar-refractivity contribution in [3.63, 3.8) is 0 Å². The van der Waals surface area contributed by atoms with Gasteiger partial charge in [0.05, 0.1) is 12.7 Å². The second kappa shape index (κ2) is 8.04. The molecule has 0 aliphatic carbocycles. The first-order valence-electron chi connectivity index (χ1n) is 10.8. The Hall–Kier alpha value is -4.65. The molecule has 7 nitrogen and oxygen atoms in total. The van der Waals surface area contributed by atoms with Gasteiger partial charge >= 0.3 is 5.63 Å². The topological polar surface area (TPSA) is 86.5 Å². The summed E-state index contributed by atoms with van der Waals surface area (Å²) in [6.45, 7) is 0. The summed E-state index contributed by atoms with van der Waals surface area (Å²) in [4.78, 5) is 21.9. The average molecular weight is 449 g/mol. The van der Waals surface area contributed by atoms with Crippen molar-refractivity contribution >= 4 is 22.5 Å². The molecule has 166 valence electrons. The van der Waals surface area contributed by atoms with Gasteiger partial charge in [0.15, 0.2) is 0 Å². The molecule has 7 heteroatoms. The number of nitrogens with zero attached hydrogens (tertiary/aromatic N) is 2. The first-order chi connectivity index (χ1) is 16.7. The Labute approximate surface area is 194 Å². The third-order valence-corrected chi connectivity index (χ3v) is 5.92. The zero-order chi connectivity index (χ0) is 23.1. The maximum atomic E-state index is 12.9. The van der Waals surface area contributed by atoms with E-state index in [0.29, 0.717) is 17.3 Å². The molecule has 34 heavy (non-hydrogen) atoms. The zero-order valence-electron chi connectivity index (χ0n) is 18.2. The van der Waals surface area contributed by atoms with Crippen molar-refractivity contribution in [1.82, 2.24) is 9.97 Å². The van der Waals surface area contributed by atoms with E-state index < -0.39 is 5.63 Å². The van der Waals surface area contributed by atoms with E-state index in [1.54, 1.807) is 13.2 Å². The molecule has 0 spiro atoms. The lowest BCUT2D eigenvalue weighted by molar-refractivity contribution is 0.399. The summed E-state index contributed by atoms with van der Waals surface area (Å²) in [5.41, 5.74) is 3.25. The van der Waals surface area contributed by atoms with Crippen LogP contribution in [-0.2, 0) is 0 Å². The molecule has 1 aliphatic heterocycles. The second-order valence-electron chi connectivity index (χ2n) is 7.87. The van der Waals surface area contributed by atoms with Crippen molar-refractivity contribution in [2.45, 2.75) is 5.92 Å². The molecule has 1 atom stereocenters. The van der Waals surface area contributed by atoms with Crippen LogP contribution in [0.15, 0.2) is 94.4 Å². The molecule has 0 radical (unpaired) electrons. The number of hydrogen-bond acceptors (Lipinski definition) is 7. The number of benzene rings is 3. The van der Waals surface area contributed by atoms with Crippen LogP contribution in [0.4, 0.5) is 11.5 Å². The summed E-state index contributed by atoms with van der Waals surface area (Å²) >= 11 is 0. The lowest BCUT2D eigenvalue weighted by Gasteiger charge is -2.29. The van der Waals surface area contributed by atoms with Crippen LogP contribution < -0.4 is 20.4 Å². The van der Waals surface area contributed by atoms with Crippen LogP contribution in [0.2, 0.25) is 0 Å². The Balaban J connectivity index is 1.60. The fourth-order valence-electron chi connectivity index (χ4n) is 4.39. The maximum absolute atomic E-state index is 12.9. The maximum Gasteiger partial charge on any atom is 0.380 e. The Morgan fingerprint density at radius 1 is 0.882 bits per heavy atom. The van der Waals surface area contributed by atoms with Crippen molar-refractivity contribution in [2.75, 3.05) is 12.4 Å². The number of nitrogens with one attached hydrogen (secondary N) is 1. The number of para-hydroxylation sites is 1. The van der Waals surface area contributed by atoms with E-state index >= 15 is 0 Å². The number of hydrogen-bond donors (Lipinski definition) is 1. The van der Waals surface area contributed by atoms with Gasteiger partial charge in [-0.2, -0.15) is 0 Å². The van der Waals surface area contributed by atoms with Gasteiger partial charge < -0.3 is 19.2 Å². The highest BCUT2D eigenvalue weighted by molar-refractivity contribution is 5.86. The van der Waals surface area contributed by atoms with Crippen molar-refractivity contribution in [1.29, 1.82) is 0 Å². The molecule has 0 fully saturated rings. The molecule has 6 rings (SSSR count). The van der Waals surface area contributed by atoms with Crippen LogP contribution in [0.5, 0.6) is 17.4 Å². The van der Waals surface area contributed by atoms with Gasteiger partial charge in [-0.1, -0.05) is 48.5 Å². The fourth-order valence-corrected chi connectivity index (χ4v) is 4.39. The van der Waals surface area contributed by atoms with E-state index in [4.69, 9.17) is 13.9 Å². The predicted octanol–water partition coefficient (Wildman–Crippen LogP) is 5.62. The summed E-state index contributed by atoms with van der Waals surface area (Å²) in [7, 11) is 1.63. The molecular weight excluding hydrogens is 430 g/mol. The standard InChI is InChI=1S/C27H19N3O4/c1-32-18-13-11-17(12-14-18)30-25-23-21(16-7-3-2-4-8-16)22-19-9-5-6-10-20(19)33-27(31)24(22)34-26(23)29-15-28-25/h2-15,21H,1H3,(H,28,29,30). The van der Waals surface area contributed by atoms with Crippen LogP contribution >= 0.6 is 0 Å². The third-order valence-electron chi connectivity index (χ3n) is 5.92. The minimum atomic E-state index is -0.538. The van der Waals surface area contributed by atoms with Crippen LogP contribution in [0.1, 0.15) is 22.6 Å². The Bertz CT molecular complexity index is 1560. The van der Waals surface area contributed by atoms with Gasteiger partial charge in [-0.05, 0) is 35.9 Å². The minimum absolute atomic E-state index is 0.147. The predicted molar refractivity (Wildman–Crippen MR) is 128 cm³/mol. The highest BCUT2D eigenvalue weighted by Crippen LogP contribution is 2.50. The molecule has 3 heterocycles. The summed E-state index contributed by atoms with van der Waals surface area (Å²) < 4.78 is 16.9. The van der Waals surface area contributed by atoms with Crippen molar-refractivity contribution < 1.29 is 13.9 Å². The average Bonchev–Trinajstić information content (AvgIpc) is 2.89. The monoisotopic (exact) mass is 449 g/mol. The van der Waals surface area contributed by atoms with Gasteiger partial charge in [-0.15, -0.1) is 0 Å². The lowest BCUT2D eigenvalue weighted by atomic mass is 9.82. The summed E-state index contributed by atoms with van der Waals surface area (Å²) in [5, 5.41) is 4.19. The normalized spacial score (nSPS) is 14.1. The van der Waals surface area contributed by atoms with Gasteiger partial charge in [0.2, 0.25) is 11.6 Å². The van der Waals surface area contributed by atoms with E-state index in [2.05, 4.69) is 15.3 Å². The highest BCUT2D eigenvalue weighted by Gasteiger charge is 2.36. The molecule has 1 N–H and O–H groups in total. The van der Waals surface area contributed by atoms with Gasteiger partial charge in [0.25, 0.3) is 0 Å². The van der Waals surface area contributed by atoms with Crippen LogP contribution in [0.3, 0.4) is 0 Å². The molecule has 3 aromatic carbocycles. The SMILES string of the molecule is COc1ccc(Nc2ncnc3c2C(c2ccccc2)c2c(c(=O)oc4ccccc24)O3)cc1. The first kappa shape index (κ1) is 20.0. The third kappa shape index (κ3) is 3.26. The first-order valence-corrected chi connectivity index (χ1v) is 10.8. The molecule has 0 amide bonds. The minimum Gasteiger partial charge on any atom is -0.497 e. The molecule has 0 bridgehead atoms. The molecule has 1 unspecified atom stereocenters.